The van der Waals surface area contributed by atoms with Crippen molar-refractivity contribution in [3.8, 4) is 11.6 Å². The Morgan fingerprint density at radius 2 is 2.11 bits per heavy atom. The van der Waals surface area contributed by atoms with Gasteiger partial charge in [-0.15, -0.1) is 0 Å². The molecule has 1 aromatic heterocycles. The van der Waals surface area contributed by atoms with Gasteiger partial charge >= 0.3 is 0 Å². The number of halogens is 1. The van der Waals surface area contributed by atoms with Crippen LogP contribution >= 0.6 is 0 Å². The van der Waals surface area contributed by atoms with Crippen molar-refractivity contribution in [3.05, 3.63) is 47.9 Å². The van der Waals surface area contributed by atoms with Crippen molar-refractivity contribution in [1.82, 2.24) is 4.98 Å². The van der Waals surface area contributed by atoms with E-state index < -0.39 is 5.82 Å². The zero-order chi connectivity index (χ0) is 13.8. The molecule has 0 radical (unpaired) electrons. The fraction of sp³-hybridized carbons (Fsp3) is 0.214. The second-order valence-corrected chi connectivity index (χ2v) is 4.16. The van der Waals surface area contributed by atoms with Crippen molar-refractivity contribution in [2.45, 2.75) is 13.0 Å². The van der Waals surface area contributed by atoms with E-state index in [1.807, 2.05) is 13.0 Å². The van der Waals surface area contributed by atoms with E-state index in [-0.39, 0.29) is 11.8 Å². The number of pyridine rings is 1. The summed E-state index contributed by atoms with van der Waals surface area (Å²) in [5.74, 6) is 0.00358. The largest absolute Gasteiger partial charge is 0.507 e. The summed E-state index contributed by atoms with van der Waals surface area (Å²) in [6.45, 7) is 1.87. The molecule has 4 nitrogen and oxygen atoms in total. The summed E-state index contributed by atoms with van der Waals surface area (Å²) >= 11 is 0. The zero-order valence-corrected chi connectivity index (χ0v) is 10.7. The van der Waals surface area contributed by atoms with Crippen molar-refractivity contribution < 1.29 is 14.2 Å². The first-order chi connectivity index (χ1) is 9.10. The Hall–Kier alpha value is -2.30. The van der Waals surface area contributed by atoms with E-state index >= 15 is 0 Å². The molecule has 0 aliphatic heterocycles. The molecule has 5 heteroatoms. The van der Waals surface area contributed by atoms with Crippen molar-refractivity contribution in [2.75, 3.05) is 12.4 Å². The van der Waals surface area contributed by atoms with Gasteiger partial charge in [-0.3, -0.25) is 0 Å². The average Bonchev–Trinajstić information content (AvgIpc) is 2.39. The van der Waals surface area contributed by atoms with E-state index in [1.165, 1.54) is 6.07 Å². The van der Waals surface area contributed by atoms with E-state index in [0.29, 0.717) is 11.4 Å². The van der Waals surface area contributed by atoms with Crippen molar-refractivity contribution >= 4 is 5.69 Å². The van der Waals surface area contributed by atoms with Gasteiger partial charge in [0.1, 0.15) is 11.6 Å². The molecule has 0 saturated carbocycles. The number of methoxy groups -OCH3 is 1. The lowest BCUT2D eigenvalue weighted by molar-refractivity contribution is 0.398. The van der Waals surface area contributed by atoms with Gasteiger partial charge in [-0.2, -0.15) is 0 Å². The minimum Gasteiger partial charge on any atom is -0.507 e. The first-order valence-corrected chi connectivity index (χ1v) is 5.85. The fourth-order valence-corrected chi connectivity index (χ4v) is 1.80. The number of phenolic OH excluding ortho intramolecular Hbond substituents is 1. The number of hydrogen-bond acceptors (Lipinski definition) is 4. The van der Waals surface area contributed by atoms with Crippen LogP contribution in [0.3, 0.4) is 0 Å². The predicted octanol–water partition coefficient (Wildman–Crippen LogP) is 3.11. The van der Waals surface area contributed by atoms with Crippen LogP contribution in [-0.4, -0.2) is 17.2 Å². The van der Waals surface area contributed by atoms with Crippen LogP contribution in [0.1, 0.15) is 18.5 Å². The van der Waals surface area contributed by atoms with E-state index in [9.17, 15) is 9.50 Å². The Balaban J connectivity index is 2.13. The van der Waals surface area contributed by atoms with Gasteiger partial charge in [0.25, 0.3) is 0 Å². The summed E-state index contributed by atoms with van der Waals surface area (Å²) in [5.41, 5.74) is 1.41. The number of benzene rings is 1. The molecule has 0 fully saturated rings. The van der Waals surface area contributed by atoms with Crippen LogP contribution in [0.25, 0.3) is 0 Å². The molecule has 0 aliphatic carbocycles. The van der Waals surface area contributed by atoms with Crippen molar-refractivity contribution in [1.29, 1.82) is 0 Å². The molecule has 1 heterocycles. The highest BCUT2D eigenvalue weighted by atomic mass is 19.1. The highest BCUT2D eigenvalue weighted by Crippen LogP contribution is 2.27. The van der Waals surface area contributed by atoms with E-state index in [4.69, 9.17) is 4.74 Å². The van der Waals surface area contributed by atoms with Gasteiger partial charge < -0.3 is 15.2 Å². The highest BCUT2D eigenvalue weighted by Gasteiger charge is 2.11. The SMILES string of the molecule is COc1ccc(NC(C)c2ccc(F)cc2O)cn1. The molecule has 0 spiro atoms. The number of nitrogens with zero attached hydrogens (tertiary/aromatic N) is 1. The lowest BCUT2D eigenvalue weighted by Gasteiger charge is -2.16. The molecule has 2 rings (SSSR count). The normalized spacial score (nSPS) is 11.9. The minimum atomic E-state index is -0.459. The lowest BCUT2D eigenvalue weighted by Crippen LogP contribution is -2.07. The molecule has 19 heavy (non-hydrogen) atoms. The number of anilines is 1. The Morgan fingerprint density at radius 3 is 2.68 bits per heavy atom. The minimum absolute atomic E-state index is 0.0681. The van der Waals surface area contributed by atoms with Crippen LogP contribution in [0.2, 0.25) is 0 Å². The number of ether oxygens (including phenoxy) is 1. The molecule has 100 valence electrons. The Kier molecular flexibility index (Phi) is 3.85. The number of aromatic hydroxyl groups is 1. The van der Waals surface area contributed by atoms with Crippen molar-refractivity contribution in [2.24, 2.45) is 0 Å². The summed E-state index contributed by atoms with van der Waals surface area (Å²) < 4.78 is 17.9. The van der Waals surface area contributed by atoms with E-state index in [2.05, 4.69) is 10.3 Å². The molecular formula is C14H15FN2O2. The summed E-state index contributed by atoms with van der Waals surface area (Å²) in [4.78, 5) is 4.07. The zero-order valence-electron chi connectivity index (χ0n) is 10.7. The van der Waals surface area contributed by atoms with Gasteiger partial charge in [-0.1, -0.05) is 6.07 Å². The van der Waals surface area contributed by atoms with Gasteiger partial charge in [0.2, 0.25) is 5.88 Å². The molecule has 0 saturated heterocycles. The number of aromatic nitrogens is 1. The third-order valence-electron chi connectivity index (χ3n) is 2.79. The first kappa shape index (κ1) is 13.1. The van der Waals surface area contributed by atoms with E-state index in [0.717, 1.165) is 11.8 Å². The molecule has 1 atom stereocenters. The number of rotatable bonds is 4. The quantitative estimate of drug-likeness (QED) is 0.889. The third-order valence-corrected chi connectivity index (χ3v) is 2.79. The molecular weight excluding hydrogens is 247 g/mol. The van der Waals surface area contributed by atoms with Gasteiger partial charge in [-0.25, -0.2) is 9.37 Å². The number of hydrogen-bond donors (Lipinski definition) is 2. The van der Waals surface area contributed by atoms with Crippen LogP contribution in [0.4, 0.5) is 10.1 Å². The molecule has 0 bridgehead atoms. The molecule has 2 aromatic rings. The van der Waals surface area contributed by atoms with Gasteiger partial charge in [-0.05, 0) is 19.1 Å². The van der Waals surface area contributed by atoms with Crippen molar-refractivity contribution in [3.63, 3.8) is 0 Å². The maximum Gasteiger partial charge on any atom is 0.213 e. The monoisotopic (exact) mass is 262 g/mol. The van der Waals surface area contributed by atoms with Crippen LogP contribution in [0, 0.1) is 5.82 Å². The Labute approximate surface area is 110 Å². The topological polar surface area (TPSA) is 54.4 Å². The standard InChI is InChI=1S/C14H15FN2O2/c1-9(12-5-3-10(15)7-13(12)18)17-11-4-6-14(19-2)16-8-11/h3-9,17-18H,1-2H3. The predicted molar refractivity (Wildman–Crippen MR) is 70.9 cm³/mol. The number of phenols is 1. The third kappa shape index (κ3) is 3.13. The van der Waals surface area contributed by atoms with Crippen LogP contribution in [0.15, 0.2) is 36.5 Å². The number of nitrogens with one attached hydrogen (secondary N) is 1. The second-order valence-electron chi connectivity index (χ2n) is 4.16. The summed E-state index contributed by atoms with van der Waals surface area (Å²) in [6, 6.07) is 7.36. The van der Waals surface area contributed by atoms with Gasteiger partial charge in [0.05, 0.1) is 25.0 Å². The molecule has 0 aliphatic rings. The molecule has 2 N–H and O–H groups in total. The Bertz CT molecular complexity index is 558. The maximum absolute atomic E-state index is 12.9. The van der Waals surface area contributed by atoms with Gasteiger partial charge in [0, 0.05) is 17.7 Å². The average molecular weight is 262 g/mol. The molecule has 0 amide bonds. The summed E-state index contributed by atoms with van der Waals surface area (Å²) in [6.07, 6.45) is 1.63. The summed E-state index contributed by atoms with van der Waals surface area (Å²) in [7, 11) is 1.55. The highest BCUT2D eigenvalue weighted by molar-refractivity contribution is 5.46. The van der Waals surface area contributed by atoms with Crippen LogP contribution in [0.5, 0.6) is 11.6 Å². The lowest BCUT2D eigenvalue weighted by atomic mass is 10.1. The molecule has 1 aromatic carbocycles. The first-order valence-electron chi connectivity index (χ1n) is 5.85. The maximum atomic E-state index is 12.9. The van der Waals surface area contributed by atoms with Gasteiger partial charge in [0.15, 0.2) is 0 Å². The van der Waals surface area contributed by atoms with Crippen LogP contribution in [-0.2, 0) is 0 Å². The van der Waals surface area contributed by atoms with Crippen LogP contribution < -0.4 is 10.1 Å². The Morgan fingerprint density at radius 1 is 1.32 bits per heavy atom. The second kappa shape index (κ2) is 5.56. The smallest absolute Gasteiger partial charge is 0.213 e. The fourth-order valence-electron chi connectivity index (χ4n) is 1.80. The van der Waals surface area contributed by atoms with E-state index in [1.54, 1.807) is 25.4 Å². The molecule has 1 unspecified atom stereocenters. The summed E-state index contributed by atoms with van der Waals surface area (Å²) in [5, 5.41) is 12.9.